The smallest absolute Gasteiger partial charge is 0.185 e. The first-order valence-electron chi connectivity index (χ1n) is 6.97. The third-order valence-corrected chi connectivity index (χ3v) is 4.62. The Morgan fingerprint density at radius 1 is 1.00 bits per heavy atom. The SMILES string of the molecule is O=C1/C(=C\c2ccc(Cl)cc2)CCC/C1=C/c1cccs1. The van der Waals surface area contributed by atoms with Crippen molar-refractivity contribution in [1.29, 1.82) is 0 Å². The van der Waals surface area contributed by atoms with Crippen molar-refractivity contribution in [3.63, 3.8) is 0 Å². The molecule has 3 heteroatoms. The number of hydrogen-bond acceptors (Lipinski definition) is 2. The largest absolute Gasteiger partial charge is 0.289 e. The lowest BCUT2D eigenvalue weighted by Crippen LogP contribution is -2.12. The lowest BCUT2D eigenvalue weighted by Gasteiger charge is -2.16. The topological polar surface area (TPSA) is 17.1 Å². The van der Waals surface area contributed by atoms with Gasteiger partial charge in [-0.05, 0) is 60.6 Å². The standard InChI is InChI=1S/C18H15ClOS/c19-16-8-6-13(7-9-16)11-14-3-1-4-15(18(14)20)12-17-5-2-10-21-17/h2,5-12H,1,3-4H2/b14-11-,15-12-. The van der Waals surface area contributed by atoms with Gasteiger partial charge in [-0.3, -0.25) is 4.79 Å². The zero-order chi connectivity index (χ0) is 14.7. The lowest BCUT2D eigenvalue weighted by molar-refractivity contribution is -0.112. The Kier molecular flexibility index (Phi) is 4.37. The van der Waals surface area contributed by atoms with Crippen LogP contribution >= 0.6 is 22.9 Å². The van der Waals surface area contributed by atoms with Crippen molar-refractivity contribution >= 4 is 40.9 Å². The van der Waals surface area contributed by atoms with Crippen molar-refractivity contribution in [2.45, 2.75) is 19.3 Å². The molecular weight excluding hydrogens is 300 g/mol. The number of thiophene rings is 1. The van der Waals surface area contributed by atoms with E-state index in [4.69, 9.17) is 11.6 Å². The van der Waals surface area contributed by atoms with E-state index in [-0.39, 0.29) is 5.78 Å². The van der Waals surface area contributed by atoms with Crippen molar-refractivity contribution < 1.29 is 4.79 Å². The summed E-state index contributed by atoms with van der Waals surface area (Å²) in [6, 6.07) is 11.6. The first-order chi connectivity index (χ1) is 10.2. The van der Waals surface area contributed by atoms with Gasteiger partial charge in [-0.1, -0.05) is 29.8 Å². The third kappa shape index (κ3) is 3.52. The van der Waals surface area contributed by atoms with Crippen LogP contribution < -0.4 is 0 Å². The Labute approximate surface area is 133 Å². The van der Waals surface area contributed by atoms with Gasteiger partial charge in [0.25, 0.3) is 0 Å². The molecule has 106 valence electrons. The second kappa shape index (κ2) is 6.42. The fourth-order valence-corrected chi connectivity index (χ4v) is 3.29. The van der Waals surface area contributed by atoms with Gasteiger partial charge in [0.15, 0.2) is 5.78 Å². The molecule has 1 fully saturated rings. The minimum absolute atomic E-state index is 0.185. The number of hydrogen-bond donors (Lipinski definition) is 0. The lowest BCUT2D eigenvalue weighted by atomic mass is 9.87. The normalized spacial score (nSPS) is 19.4. The molecule has 1 aliphatic carbocycles. The molecule has 1 saturated carbocycles. The number of allylic oxidation sites excluding steroid dienone is 2. The second-order valence-electron chi connectivity index (χ2n) is 5.09. The highest BCUT2D eigenvalue weighted by atomic mass is 35.5. The van der Waals surface area contributed by atoms with Crippen LogP contribution in [0, 0.1) is 0 Å². The van der Waals surface area contributed by atoms with Crippen LogP contribution in [0.1, 0.15) is 29.7 Å². The Bertz CT molecular complexity index is 693. The average molecular weight is 315 g/mol. The Hall–Kier alpha value is -1.64. The van der Waals surface area contributed by atoms with E-state index >= 15 is 0 Å². The summed E-state index contributed by atoms with van der Waals surface area (Å²) in [5.41, 5.74) is 2.84. The molecule has 0 bridgehead atoms. The Morgan fingerprint density at radius 2 is 1.71 bits per heavy atom. The van der Waals surface area contributed by atoms with Crippen LogP contribution in [0.3, 0.4) is 0 Å². The van der Waals surface area contributed by atoms with Crippen molar-refractivity contribution in [3.05, 3.63) is 68.4 Å². The molecule has 21 heavy (non-hydrogen) atoms. The van der Waals surface area contributed by atoms with Gasteiger partial charge in [0, 0.05) is 21.0 Å². The summed E-state index contributed by atoms with van der Waals surface area (Å²) in [4.78, 5) is 13.7. The van der Waals surface area contributed by atoms with Gasteiger partial charge in [0.05, 0.1) is 0 Å². The quantitative estimate of drug-likeness (QED) is 0.657. The molecule has 0 unspecified atom stereocenters. The maximum absolute atomic E-state index is 12.6. The number of carbonyl (C=O) groups is 1. The van der Waals surface area contributed by atoms with Crippen LogP contribution in [0.15, 0.2) is 52.9 Å². The van der Waals surface area contributed by atoms with Crippen LogP contribution in [-0.2, 0) is 4.79 Å². The molecule has 0 atom stereocenters. The summed E-state index contributed by atoms with van der Waals surface area (Å²) in [7, 11) is 0. The maximum atomic E-state index is 12.6. The molecule has 1 nitrogen and oxygen atoms in total. The molecule has 3 rings (SSSR count). The van der Waals surface area contributed by atoms with E-state index in [1.165, 1.54) is 0 Å². The first-order valence-corrected chi connectivity index (χ1v) is 8.23. The van der Waals surface area contributed by atoms with E-state index in [9.17, 15) is 4.79 Å². The van der Waals surface area contributed by atoms with E-state index in [0.29, 0.717) is 5.02 Å². The monoisotopic (exact) mass is 314 g/mol. The first kappa shape index (κ1) is 14.3. The van der Waals surface area contributed by atoms with Crippen molar-refractivity contribution in [1.82, 2.24) is 0 Å². The fourth-order valence-electron chi connectivity index (χ4n) is 2.48. The Morgan fingerprint density at radius 3 is 2.38 bits per heavy atom. The molecule has 2 aromatic rings. The molecule has 0 amide bonds. The highest BCUT2D eigenvalue weighted by molar-refractivity contribution is 7.10. The molecule has 0 spiro atoms. The van der Waals surface area contributed by atoms with Gasteiger partial charge in [0.2, 0.25) is 0 Å². The minimum atomic E-state index is 0.185. The van der Waals surface area contributed by atoms with Gasteiger partial charge in [-0.15, -0.1) is 11.3 Å². The Balaban J connectivity index is 1.86. The molecule has 1 aromatic carbocycles. The third-order valence-electron chi connectivity index (χ3n) is 3.55. The van der Waals surface area contributed by atoms with Crippen molar-refractivity contribution in [2.75, 3.05) is 0 Å². The van der Waals surface area contributed by atoms with E-state index in [0.717, 1.165) is 40.8 Å². The fraction of sp³-hybridized carbons (Fsp3) is 0.167. The van der Waals surface area contributed by atoms with E-state index in [1.807, 2.05) is 53.9 Å². The zero-order valence-electron chi connectivity index (χ0n) is 11.5. The summed E-state index contributed by atoms with van der Waals surface area (Å²) >= 11 is 7.55. The molecule has 0 radical (unpaired) electrons. The van der Waals surface area contributed by atoms with Gasteiger partial charge in [-0.25, -0.2) is 0 Å². The number of ketones is 1. The van der Waals surface area contributed by atoms with Crippen LogP contribution in [0.4, 0.5) is 0 Å². The number of Topliss-reactive ketones (excluding diaryl/α,β-unsaturated/α-hetero) is 1. The number of carbonyl (C=O) groups excluding carboxylic acids is 1. The molecule has 1 aromatic heterocycles. The van der Waals surface area contributed by atoms with Crippen LogP contribution in [-0.4, -0.2) is 5.78 Å². The van der Waals surface area contributed by atoms with Crippen molar-refractivity contribution in [3.8, 4) is 0 Å². The zero-order valence-corrected chi connectivity index (χ0v) is 13.1. The summed E-state index contributed by atoms with van der Waals surface area (Å²) < 4.78 is 0. The molecule has 0 aliphatic heterocycles. The van der Waals surface area contributed by atoms with Gasteiger partial charge in [0.1, 0.15) is 0 Å². The number of halogens is 1. The summed E-state index contributed by atoms with van der Waals surface area (Å²) in [6.45, 7) is 0. The van der Waals surface area contributed by atoms with Crippen LogP contribution in [0.25, 0.3) is 12.2 Å². The predicted octanol–water partition coefficient (Wildman–Crippen LogP) is 5.62. The summed E-state index contributed by atoms with van der Waals surface area (Å²) in [5, 5.41) is 2.75. The highest BCUT2D eigenvalue weighted by Gasteiger charge is 2.20. The molecule has 0 N–H and O–H groups in total. The highest BCUT2D eigenvalue weighted by Crippen LogP contribution is 2.29. The molecular formula is C18H15ClOS. The van der Waals surface area contributed by atoms with E-state index < -0.39 is 0 Å². The van der Waals surface area contributed by atoms with Crippen LogP contribution in [0.5, 0.6) is 0 Å². The number of benzene rings is 1. The summed E-state index contributed by atoms with van der Waals surface area (Å²) in [5.74, 6) is 0.185. The molecule has 1 aliphatic rings. The molecule has 1 heterocycles. The minimum Gasteiger partial charge on any atom is -0.289 e. The second-order valence-corrected chi connectivity index (χ2v) is 6.50. The predicted molar refractivity (Wildman–Crippen MR) is 90.6 cm³/mol. The molecule has 0 saturated heterocycles. The van der Waals surface area contributed by atoms with Gasteiger partial charge in [-0.2, -0.15) is 0 Å². The number of rotatable bonds is 2. The van der Waals surface area contributed by atoms with Gasteiger partial charge < -0.3 is 0 Å². The van der Waals surface area contributed by atoms with E-state index in [2.05, 4.69) is 0 Å². The van der Waals surface area contributed by atoms with Crippen molar-refractivity contribution in [2.24, 2.45) is 0 Å². The van der Waals surface area contributed by atoms with Gasteiger partial charge >= 0.3 is 0 Å². The maximum Gasteiger partial charge on any atom is 0.185 e. The summed E-state index contributed by atoms with van der Waals surface area (Å²) in [6.07, 6.45) is 6.77. The average Bonchev–Trinajstić information content (AvgIpc) is 2.99. The van der Waals surface area contributed by atoms with Crippen LogP contribution in [0.2, 0.25) is 5.02 Å². The van der Waals surface area contributed by atoms with E-state index in [1.54, 1.807) is 11.3 Å².